The van der Waals surface area contributed by atoms with E-state index in [1.54, 1.807) is 6.07 Å². The summed E-state index contributed by atoms with van der Waals surface area (Å²) < 4.78 is 47.6. The van der Waals surface area contributed by atoms with Crippen LogP contribution in [0, 0.1) is 5.92 Å². The van der Waals surface area contributed by atoms with Gasteiger partial charge in [-0.15, -0.1) is 0 Å². The summed E-state index contributed by atoms with van der Waals surface area (Å²) in [6.07, 6.45) is -5.28. The quantitative estimate of drug-likeness (QED) is 0.766. The lowest BCUT2D eigenvalue weighted by Gasteiger charge is -2.53. The van der Waals surface area contributed by atoms with Crippen molar-refractivity contribution in [2.24, 2.45) is 5.92 Å². The normalized spacial score (nSPS) is 24.7. The zero-order chi connectivity index (χ0) is 22.3. The Kier molecular flexibility index (Phi) is 5.51. The first-order valence-electron chi connectivity index (χ1n) is 9.07. The molecule has 0 spiro atoms. The van der Waals surface area contributed by atoms with Crippen molar-refractivity contribution < 1.29 is 32.6 Å². The number of alkyl halides is 3. The number of rotatable bonds is 4. The van der Waals surface area contributed by atoms with E-state index in [-0.39, 0.29) is 16.0 Å². The van der Waals surface area contributed by atoms with Gasteiger partial charge in [0.05, 0.1) is 13.2 Å². The molecule has 1 heterocycles. The van der Waals surface area contributed by atoms with Gasteiger partial charge in [-0.25, -0.2) is 4.79 Å². The van der Waals surface area contributed by atoms with Gasteiger partial charge in [-0.1, -0.05) is 42.5 Å². The zero-order valence-corrected chi connectivity index (χ0v) is 16.6. The molecule has 3 atom stereocenters. The van der Waals surface area contributed by atoms with Gasteiger partial charge in [-0.2, -0.15) is 13.2 Å². The second-order valence-electron chi connectivity index (χ2n) is 7.10. The van der Waals surface area contributed by atoms with Crippen LogP contribution >= 0.6 is 0 Å². The molecule has 0 aromatic heterocycles. The fraction of sp³-hybridized carbons (Fsp3) is 0.333. The number of carbonyl (C=O) groups is 2. The third-order valence-corrected chi connectivity index (χ3v) is 5.48. The molecule has 1 fully saturated rings. The molecular formula is C21H21F3N2O4. The summed E-state index contributed by atoms with van der Waals surface area (Å²) in [5.41, 5.74) is -3.44. The van der Waals surface area contributed by atoms with Crippen LogP contribution in [0.1, 0.15) is 22.0 Å². The molecule has 160 valence electrons. The van der Waals surface area contributed by atoms with Crippen LogP contribution in [0.15, 0.2) is 54.6 Å². The minimum Gasteiger partial charge on any atom is -0.497 e. The van der Waals surface area contributed by atoms with E-state index in [0.29, 0.717) is 5.75 Å². The maximum Gasteiger partial charge on any atom is 0.437 e. The number of Topliss-reactive ketones (excluding diaryl/α,β-unsaturated/α-hetero) is 1. The lowest BCUT2D eigenvalue weighted by molar-refractivity contribution is -0.328. The molecule has 6 nitrogen and oxygen atoms in total. The molecule has 1 saturated heterocycles. The maximum absolute atomic E-state index is 14.2. The molecule has 2 aromatic rings. The first kappa shape index (κ1) is 21.6. The fourth-order valence-electron chi connectivity index (χ4n) is 3.85. The standard InChI is InChI=1S/C21H21F3N2O4/c1-25-17(13-9-11-15(30-3)12-10-13)16(18(27)14-7-5-4-6-8-14)20(29,21(22,23)24)26(2)19(25)28/h4-12,16-17,29H,1-3H3/t16-,17-,20-/m1/s1. The van der Waals surface area contributed by atoms with Crippen molar-refractivity contribution >= 4 is 11.8 Å². The number of methoxy groups -OCH3 is 1. The van der Waals surface area contributed by atoms with E-state index < -0.39 is 35.7 Å². The Balaban J connectivity index is 2.24. The van der Waals surface area contributed by atoms with Crippen molar-refractivity contribution in [3.63, 3.8) is 0 Å². The lowest BCUT2D eigenvalue weighted by atomic mass is 9.75. The summed E-state index contributed by atoms with van der Waals surface area (Å²) in [4.78, 5) is 27.2. The molecule has 2 aromatic carbocycles. The highest BCUT2D eigenvalue weighted by molar-refractivity contribution is 6.00. The molecular weight excluding hydrogens is 401 g/mol. The van der Waals surface area contributed by atoms with Gasteiger partial charge in [-0.05, 0) is 17.7 Å². The first-order valence-corrected chi connectivity index (χ1v) is 9.07. The van der Waals surface area contributed by atoms with E-state index in [2.05, 4.69) is 0 Å². The van der Waals surface area contributed by atoms with Gasteiger partial charge in [0.25, 0.3) is 5.72 Å². The number of nitrogens with zero attached hydrogens (tertiary/aromatic N) is 2. The fourth-order valence-corrected chi connectivity index (χ4v) is 3.85. The van der Waals surface area contributed by atoms with Crippen LogP contribution in [0.25, 0.3) is 0 Å². The summed E-state index contributed by atoms with van der Waals surface area (Å²) in [6.45, 7) is 0. The predicted molar refractivity (Wildman–Crippen MR) is 102 cm³/mol. The number of benzene rings is 2. The van der Waals surface area contributed by atoms with Crippen LogP contribution in [-0.4, -0.2) is 59.8 Å². The van der Waals surface area contributed by atoms with Gasteiger partial charge in [0.2, 0.25) is 0 Å². The zero-order valence-electron chi connectivity index (χ0n) is 16.6. The van der Waals surface area contributed by atoms with Crippen molar-refractivity contribution in [1.82, 2.24) is 9.80 Å². The molecule has 0 saturated carbocycles. The molecule has 9 heteroatoms. The van der Waals surface area contributed by atoms with Crippen LogP contribution < -0.4 is 4.74 Å². The monoisotopic (exact) mass is 422 g/mol. The third kappa shape index (κ3) is 3.28. The maximum atomic E-state index is 14.2. The number of hydrogen-bond donors (Lipinski definition) is 1. The largest absolute Gasteiger partial charge is 0.497 e. The molecule has 3 rings (SSSR count). The Morgan fingerprint density at radius 2 is 1.63 bits per heavy atom. The number of carbonyl (C=O) groups excluding carboxylic acids is 2. The Morgan fingerprint density at radius 3 is 2.13 bits per heavy atom. The lowest BCUT2D eigenvalue weighted by Crippen LogP contribution is -2.73. The molecule has 1 N–H and O–H groups in total. The molecule has 0 bridgehead atoms. The minimum absolute atomic E-state index is 0.000152. The average molecular weight is 422 g/mol. The van der Waals surface area contributed by atoms with Crippen molar-refractivity contribution in [3.05, 3.63) is 65.7 Å². The second kappa shape index (κ2) is 7.64. The highest BCUT2D eigenvalue weighted by atomic mass is 19.4. The summed E-state index contributed by atoms with van der Waals surface area (Å²) in [6, 6.07) is 11.0. The van der Waals surface area contributed by atoms with Gasteiger partial charge < -0.3 is 14.7 Å². The van der Waals surface area contributed by atoms with Crippen molar-refractivity contribution in [2.75, 3.05) is 21.2 Å². The topological polar surface area (TPSA) is 70.1 Å². The van der Waals surface area contributed by atoms with E-state index in [0.717, 1.165) is 11.9 Å². The molecule has 2 amide bonds. The Bertz CT molecular complexity index is 934. The van der Waals surface area contributed by atoms with Crippen molar-refractivity contribution in [2.45, 2.75) is 17.9 Å². The number of hydrogen-bond acceptors (Lipinski definition) is 4. The highest BCUT2D eigenvalue weighted by Crippen LogP contribution is 2.50. The number of urea groups is 1. The molecule has 1 aliphatic heterocycles. The highest BCUT2D eigenvalue weighted by Gasteiger charge is 2.70. The van der Waals surface area contributed by atoms with Crippen LogP contribution in [0.2, 0.25) is 0 Å². The third-order valence-electron chi connectivity index (χ3n) is 5.48. The predicted octanol–water partition coefficient (Wildman–Crippen LogP) is 3.48. The van der Waals surface area contributed by atoms with Crippen LogP contribution in [-0.2, 0) is 0 Å². The van der Waals surface area contributed by atoms with Gasteiger partial charge in [-0.3, -0.25) is 9.69 Å². The summed E-state index contributed by atoms with van der Waals surface area (Å²) >= 11 is 0. The molecule has 0 radical (unpaired) electrons. The number of amides is 2. The molecule has 1 aliphatic rings. The number of aliphatic hydroxyl groups is 1. The molecule has 0 unspecified atom stereocenters. The van der Waals surface area contributed by atoms with Crippen LogP contribution in [0.5, 0.6) is 5.75 Å². The number of ether oxygens (including phenoxy) is 1. The summed E-state index contributed by atoms with van der Waals surface area (Å²) in [7, 11) is 3.57. The van der Waals surface area contributed by atoms with E-state index in [9.17, 15) is 27.9 Å². The van der Waals surface area contributed by atoms with Crippen LogP contribution in [0.3, 0.4) is 0 Å². The van der Waals surface area contributed by atoms with Crippen LogP contribution in [0.4, 0.5) is 18.0 Å². The molecule has 0 aliphatic carbocycles. The van der Waals surface area contributed by atoms with E-state index in [1.165, 1.54) is 62.7 Å². The summed E-state index contributed by atoms with van der Waals surface area (Å²) in [5.74, 6) is -2.50. The van der Waals surface area contributed by atoms with E-state index in [1.807, 2.05) is 0 Å². The SMILES string of the molecule is COc1ccc([C@@H]2[C@H](C(=O)c3ccccc3)[C@@](O)(C(F)(F)F)N(C)C(=O)N2C)cc1. The smallest absolute Gasteiger partial charge is 0.437 e. The minimum atomic E-state index is -5.28. The van der Waals surface area contributed by atoms with Crippen molar-refractivity contribution in [3.8, 4) is 5.75 Å². The van der Waals surface area contributed by atoms with Crippen molar-refractivity contribution in [1.29, 1.82) is 0 Å². The van der Waals surface area contributed by atoms with E-state index in [4.69, 9.17) is 4.74 Å². The Labute approximate surface area is 171 Å². The second-order valence-corrected chi connectivity index (χ2v) is 7.10. The van der Waals surface area contributed by atoms with Gasteiger partial charge in [0.15, 0.2) is 5.78 Å². The van der Waals surface area contributed by atoms with Gasteiger partial charge in [0.1, 0.15) is 11.7 Å². The molecule has 30 heavy (non-hydrogen) atoms. The Morgan fingerprint density at radius 1 is 1.07 bits per heavy atom. The average Bonchev–Trinajstić information content (AvgIpc) is 2.74. The Hall–Kier alpha value is -3.07. The first-order chi connectivity index (χ1) is 14.0. The summed E-state index contributed by atoms with van der Waals surface area (Å²) in [5, 5.41) is 10.9. The number of ketones is 1. The van der Waals surface area contributed by atoms with Gasteiger partial charge >= 0.3 is 12.2 Å². The van der Waals surface area contributed by atoms with Gasteiger partial charge in [0, 0.05) is 19.7 Å². The number of halogens is 3. The van der Waals surface area contributed by atoms with E-state index >= 15 is 0 Å².